The van der Waals surface area contributed by atoms with Crippen LogP contribution in [0, 0.1) is 11.6 Å². The maximum Gasteiger partial charge on any atom is 0.277 e. The standard InChI is InChI=1S/C19H15BrF2N2O4/c1-2-26-7-8-28-24-19(25)13-9-11-5-6-27-18(11)16(22)17(13)23-15-4-3-12(20)10-14(15)21/h2-6,9-10,23H,1,7-8H2,(H,24,25). The van der Waals surface area contributed by atoms with Gasteiger partial charge >= 0.3 is 0 Å². The number of carbonyl (C=O) groups excluding carboxylic acids is 1. The topological polar surface area (TPSA) is 72.7 Å². The molecule has 0 spiro atoms. The average molecular weight is 453 g/mol. The van der Waals surface area contributed by atoms with Crippen molar-refractivity contribution >= 4 is 44.2 Å². The molecule has 3 aromatic rings. The van der Waals surface area contributed by atoms with Crippen LogP contribution in [-0.4, -0.2) is 19.1 Å². The fourth-order valence-corrected chi connectivity index (χ4v) is 2.78. The summed E-state index contributed by atoms with van der Waals surface area (Å²) in [6.45, 7) is 3.61. The molecule has 0 aliphatic heterocycles. The minimum atomic E-state index is -0.829. The molecule has 0 unspecified atom stereocenters. The van der Waals surface area contributed by atoms with Crippen LogP contribution in [0.25, 0.3) is 11.0 Å². The molecule has 6 nitrogen and oxygen atoms in total. The average Bonchev–Trinajstić information content (AvgIpc) is 3.14. The van der Waals surface area contributed by atoms with Gasteiger partial charge in [-0.05, 0) is 30.3 Å². The number of benzene rings is 2. The third-order valence-corrected chi connectivity index (χ3v) is 4.20. The zero-order valence-electron chi connectivity index (χ0n) is 14.4. The summed E-state index contributed by atoms with van der Waals surface area (Å²) >= 11 is 3.15. The van der Waals surface area contributed by atoms with Crippen LogP contribution in [0.2, 0.25) is 0 Å². The largest absolute Gasteiger partial charge is 0.499 e. The van der Waals surface area contributed by atoms with Gasteiger partial charge in [0.2, 0.25) is 0 Å². The fraction of sp³-hybridized carbons (Fsp3) is 0.105. The van der Waals surface area contributed by atoms with Crippen LogP contribution in [0.1, 0.15) is 10.4 Å². The lowest BCUT2D eigenvalue weighted by Gasteiger charge is -2.14. The monoisotopic (exact) mass is 452 g/mol. The Balaban J connectivity index is 1.92. The molecule has 3 rings (SSSR count). The van der Waals surface area contributed by atoms with Crippen LogP contribution in [0.3, 0.4) is 0 Å². The summed E-state index contributed by atoms with van der Waals surface area (Å²) < 4.78 is 39.7. The van der Waals surface area contributed by atoms with Crippen molar-refractivity contribution in [3.05, 3.63) is 71.1 Å². The number of halogens is 3. The molecule has 0 aliphatic carbocycles. The van der Waals surface area contributed by atoms with Gasteiger partial charge in [-0.2, -0.15) is 0 Å². The van der Waals surface area contributed by atoms with E-state index in [1.165, 1.54) is 36.8 Å². The Kier molecular flexibility index (Phi) is 6.27. The lowest BCUT2D eigenvalue weighted by Crippen LogP contribution is -2.26. The molecule has 1 aromatic heterocycles. The molecule has 1 heterocycles. The van der Waals surface area contributed by atoms with Crippen molar-refractivity contribution in [1.82, 2.24) is 5.48 Å². The maximum atomic E-state index is 15.0. The second kappa shape index (κ2) is 8.85. The number of furan rings is 1. The molecule has 146 valence electrons. The number of nitrogens with one attached hydrogen (secondary N) is 2. The first-order chi connectivity index (χ1) is 13.5. The molecule has 2 N–H and O–H groups in total. The van der Waals surface area contributed by atoms with E-state index in [1.54, 1.807) is 6.07 Å². The van der Waals surface area contributed by atoms with Crippen molar-refractivity contribution in [3.8, 4) is 0 Å². The number of fused-ring (bicyclic) bond motifs is 1. The van der Waals surface area contributed by atoms with Crippen LogP contribution < -0.4 is 10.8 Å². The molecule has 0 radical (unpaired) electrons. The summed E-state index contributed by atoms with van der Waals surface area (Å²) in [5.41, 5.74) is 1.80. The van der Waals surface area contributed by atoms with Crippen molar-refractivity contribution < 1.29 is 27.6 Å². The van der Waals surface area contributed by atoms with Crippen LogP contribution >= 0.6 is 15.9 Å². The predicted molar refractivity (Wildman–Crippen MR) is 103 cm³/mol. The Morgan fingerprint density at radius 2 is 2.07 bits per heavy atom. The first kappa shape index (κ1) is 19.8. The van der Waals surface area contributed by atoms with E-state index in [0.717, 1.165) is 0 Å². The summed E-state index contributed by atoms with van der Waals surface area (Å²) in [6.07, 6.45) is 2.53. The van der Waals surface area contributed by atoms with Gasteiger partial charge in [0, 0.05) is 9.86 Å². The number of amides is 1. The first-order valence-corrected chi connectivity index (χ1v) is 8.87. The zero-order chi connectivity index (χ0) is 20.1. The highest BCUT2D eigenvalue weighted by molar-refractivity contribution is 9.10. The zero-order valence-corrected chi connectivity index (χ0v) is 16.0. The molecule has 0 saturated carbocycles. The van der Waals surface area contributed by atoms with Crippen molar-refractivity contribution in [2.45, 2.75) is 0 Å². The number of hydrogen-bond acceptors (Lipinski definition) is 5. The molecule has 1 amide bonds. The maximum absolute atomic E-state index is 15.0. The number of anilines is 2. The van der Waals surface area contributed by atoms with Gasteiger partial charge in [0.1, 0.15) is 19.0 Å². The minimum Gasteiger partial charge on any atom is -0.499 e. The highest BCUT2D eigenvalue weighted by atomic mass is 79.9. The second-order valence-electron chi connectivity index (χ2n) is 5.52. The Morgan fingerprint density at radius 1 is 1.25 bits per heavy atom. The van der Waals surface area contributed by atoms with Crippen LogP contribution in [0.15, 0.2) is 58.3 Å². The molecule has 0 bridgehead atoms. The Bertz CT molecular complexity index is 1020. The van der Waals surface area contributed by atoms with Gasteiger partial charge in [-0.1, -0.05) is 22.5 Å². The number of rotatable bonds is 8. The van der Waals surface area contributed by atoms with Crippen LogP contribution in [-0.2, 0) is 9.57 Å². The lowest BCUT2D eigenvalue weighted by molar-refractivity contribution is 0.0145. The third-order valence-electron chi connectivity index (χ3n) is 3.71. The summed E-state index contributed by atoms with van der Waals surface area (Å²) in [4.78, 5) is 17.5. The van der Waals surface area contributed by atoms with Gasteiger partial charge < -0.3 is 14.5 Å². The molecule has 9 heteroatoms. The summed E-state index contributed by atoms with van der Waals surface area (Å²) in [6, 6.07) is 7.14. The van der Waals surface area contributed by atoms with Crippen molar-refractivity contribution in [2.24, 2.45) is 0 Å². The van der Waals surface area contributed by atoms with E-state index < -0.39 is 17.5 Å². The summed E-state index contributed by atoms with van der Waals surface area (Å²) in [7, 11) is 0. The molecule has 2 aromatic carbocycles. The highest BCUT2D eigenvalue weighted by Crippen LogP contribution is 2.33. The van der Waals surface area contributed by atoms with Gasteiger partial charge in [-0.3, -0.25) is 9.63 Å². The summed E-state index contributed by atoms with van der Waals surface area (Å²) in [5, 5.41) is 3.00. The molecule has 0 fully saturated rings. The first-order valence-electron chi connectivity index (χ1n) is 8.07. The molecule has 28 heavy (non-hydrogen) atoms. The van der Waals surface area contributed by atoms with E-state index in [9.17, 15) is 13.6 Å². The van der Waals surface area contributed by atoms with Gasteiger partial charge in [0.15, 0.2) is 11.4 Å². The fourth-order valence-electron chi connectivity index (χ4n) is 2.44. The molecular formula is C19H15BrF2N2O4. The molecule has 0 aliphatic rings. The Hall–Kier alpha value is -2.91. The highest BCUT2D eigenvalue weighted by Gasteiger charge is 2.22. The third kappa shape index (κ3) is 4.32. The van der Waals surface area contributed by atoms with Crippen LogP contribution in [0.4, 0.5) is 20.2 Å². The molecule has 0 atom stereocenters. The lowest BCUT2D eigenvalue weighted by atomic mass is 10.1. The van der Waals surface area contributed by atoms with Gasteiger partial charge in [-0.25, -0.2) is 14.3 Å². The van der Waals surface area contributed by atoms with E-state index >= 15 is 0 Å². The Labute approximate surface area is 167 Å². The van der Waals surface area contributed by atoms with Crippen molar-refractivity contribution in [3.63, 3.8) is 0 Å². The number of ether oxygens (including phenoxy) is 1. The summed E-state index contributed by atoms with van der Waals surface area (Å²) in [5.74, 6) is -2.18. The van der Waals surface area contributed by atoms with Gasteiger partial charge in [0.05, 0.1) is 29.5 Å². The number of hydrogen-bond donors (Lipinski definition) is 2. The van der Waals surface area contributed by atoms with E-state index in [0.29, 0.717) is 9.86 Å². The van der Waals surface area contributed by atoms with Crippen molar-refractivity contribution in [1.29, 1.82) is 0 Å². The number of carbonyl (C=O) groups is 1. The van der Waals surface area contributed by atoms with E-state index in [1.807, 2.05) is 0 Å². The second-order valence-corrected chi connectivity index (χ2v) is 6.43. The van der Waals surface area contributed by atoms with E-state index in [2.05, 4.69) is 33.3 Å². The van der Waals surface area contributed by atoms with Gasteiger partial charge in [0.25, 0.3) is 5.91 Å². The van der Waals surface area contributed by atoms with E-state index in [4.69, 9.17) is 14.0 Å². The minimum absolute atomic E-state index is 0.0117. The smallest absolute Gasteiger partial charge is 0.277 e. The van der Waals surface area contributed by atoms with E-state index in [-0.39, 0.29) is 35.7 Å². The Morgan fingerprint density at radius 3 is 2.82 bits per heavy atom. The van der Waals surface area contributed by atoms with Crippen LogP contribution in [0.5, 0.6) is 0 Å². The normalized spacial score (nSPS) is 10.7. The SMILES string of the molecule is C=COCCONC(=O)c1cc2ccoc2c(F)c1Nc1ccc(Br)cc1F. The molecular weight excluding hydrogens is 438 g/mol. The van der Waals surface area contributed by atoms with Gasteiger partial charge in [-0.15, -0.1) is 0 Å². The van der Waals surface area contributed by atoms with Crippen molar-refractivity contribution in [2.75, 3.05) is 18.5 Å². The number of hydroxylamine groups is 1. The quantitative estimate of drug-likeness (QED) is 0.284. The predicted octanol–water partition coefficient (Wildman–Crippen LogP) is 5.04. The molecule has 0 saturated heterocycles.